The molecule has 0 aliphatic carbocycles. The van der Waals surface area contributed by atoms with Crippen molar-refractivity contribution in [3.05, 3.63) is 56.0 Å². The summed E-state index contributed by atoms with van der Waals surface area (Å²) in [5.74, 6) is -0.232. The van der Waals surface area contributed by atoms with E-state index in [1.165, 1.54) is 23.5 Å². The molecule has 1 heterocycles. The van der Waals surface area contributed by atoms with Crippen LogP contribution in [-0.4, -0.2) is 0 Å². The lowest BCUT2D eigenvalue weighted by Crippen LogP contribution is -1.99. The van der Waals surface area contributed by atoms with E-state index in [0.29, 0.717) is 5.02 Å². The molecule has 2 rings (SSSR count). The molecule has 1 aromatic heterocycles. The lowest BCUT2D eigenvalue weighted by molar-refractivity contribution is 0.624. The molecule has 0 saturated carbocycles. The zero-order valence-corrected chi connectivity index (χ0v) is 11.8. The zero-order chi connectivity index (χ0) is 12.6. The predicted octanol–water partition coefficient (Wildman–Crippen LogP) is 5.49. The van der Waals surface area contributed by atoms with Crippen LogP contribution in [0.4, 0.5) is 4.39 Å². The summed E-state index contributed by atoms with van der Waals surface area (Å²) in [7, 11) is 0. The first-order valence-corrected chi connectivity index (χ1v) is 6.83. The van der Waals surface area contributed by atoms with Gasteiger partial charge in [-0.2, -0.15) is 0 Å². The van der Waals surface area contributed by atoms with Crippen molar-refractivity contribution in [3.63, 3.8) is 0 Å². The Morgan fingerprint density at radius 3 is 2.29 bits per heavy atom. The fourth-order valence-electron chi connectivity index (χ4n) is 1.94. The third-order valence-corrected chi connectivity index (χ3v) is 4.68. The molecule has 0 fully saturated rings. The van der Waals surface area contributed by atoms with Gasteiger partial charge in [0.2, 0.25) is 0 Å². The van der Waals surface area contributed by atoms with Crippen LogP contribution < -0.4 is 0 Å². The molecule has 0 aliphatic heterocycles. The van der Waals surface area contributed by atoms with Gasteiger partial charge in [-0.25, -0.2) is 4.39 Å². The third kappa shape index (κ3) is 2.49. The molecule has 0 saturated heterocycles. The minimum Gasteiger partial charge on any atom is -0.207 e. The van der Waals surface area contributed by atoms with E-state index in [1.54, 1.807) is 0 Å². The molecule has 4 heteroatoms. The Bertz CT molecular complexity index is 525. The quantitative estimate of drug-likeness (QED) is 0.642. The Kier molecular flexibility index (Phi) is 3.76. The van der Waals surface area contributed by atoms with Crippen LogP contribution in [0.2, 0.25) is 5.02 Å². The van der Waals surface area contributed by atoms with Gasteiger partial charge in [-0.1, -0.05) is 11.6 Å². The summed E-state index contributed by atoms with van der Waals surface area (Å²) in [6.45, 7) is 3.73. The number of halogens is 3. The number of rotatable bonds is 2. The molecule has 0 N–H and O–H groups in total. The average molecular weight is 289 g/mol. The summed E-state index contributed by atoms with van der Waals surface area (Å²) in [4.78, 5) is 0.908. The van der Waals surface area contributed by atoms with Crippen LogP contribution in [0.1, 0.15) is 26.9 Å². The second kappa shape index (κ2) is 4.97. The summed E-state index contributed by atoms with van der Waals surface area (Å²) in [5.41, 5.74) is 2.65. The number of hydrogen-bond donors (Lipinski definition) is 0. The third-order valence-electron chi connectivity index (χ3n) is 2.69. The van der Waals surface area contributed by atoms with Crippen LogP contribution in [0.3, 0.4) is 0 Å². The van der Waals surface area contributed by atoms with Gasteiger partial charge in [0, 0.05) is 4.88 Å². The van der Waals surface area contributed by atoms with Crippen LogP contribution in [0.25, 0.3) is 0 Å². The predicted molar refractivity (Wildman–Crippen MR) is 72.9 cm³/mol. The highest BCUT2D eigenvalue weighted by molar-refractivity contribution is 7.11. The molecule has 0 bridgehead atoms. The molecule has 1 atom stereocenters. The van der Waals surface area contributed by atoms with Gasteiger partial charge in [-0.3, -0.25) is 0 Å². The van der Waals surface area contributed by atoms with Crippen molar-refractivity contribution in [2.45, 2.75) is 19.2 Å². The zero-order valence-electron chi connectivity index (χ0n) is 9.43. The lowest BCUT2D eigenvalue weighted by Gasteiger charge is -2.15. The van der Waals surface area contributed by atoms with Crippen LogP contribution in [-0.2, 0) is 0 Å². The Balaban J connectivity index is 2.51. The molecule has 1 aromatic carbocycles. The SMILES string of the molecule is Cc1cc(F)cc(C)c1C(Cl)c1sccc1Cl. The Labute approximate surface area is 114 Å². The second-order valence-corrected chi connectivity index (χ2v) is 5.74. The van der Waals surface area contributed by atoms with E-state index in [9.17, 15) is 4.39 Å². The topological polar surface area (TPSA) is 0 Å². The van der Waals surface area contributed by atoms with Gasteiger partial charge in [0.25, 0.3) is 0 Å². The largest absolute Gasteiger partial charge is 0.207 e. The fourth-order valence-corrected chi connectivity index (χ4v) is 3.76. The summed E-state index contributed by atoms with van der Waals surface area (Å²) in [6.07, 6.45) is 0. The van der Waals surface area contributed by atoms with Crippen molar-refractivity contribution in [1.29, 1.82) is 0 Å². The normalized spacial score (nSPS) is 12.8. The molecule has 0 nitrogen and oxygen atoms in total. The van der Waals surface area contributed by atoms with Crippen LogP contribution in [0.15, 0.2) is 23.6 Å². The smallest absolute Gasteiger partial charge is 0.123 e. The molecular formula is C13H11Cl2FS. The van der Waals surface area contributed by atoms with Crippen LogP contribution >= 0.6 is 34.5 Å². The van der Waals surface area contributed by atoms with Crippen molar-refractivity contribution in [1.82, 2.24) is 0 Å². The molecule has 0 aliphatic rings. The maximum Gasteiger partial charge on any atom is 0.123 e. The number of thiophene rings is 1. The van der Waals surface area contributed by atoms with E-state index in [2.05, 4.69) is 0 Å². The minimum atomic E-state index is -0.317. The standard InChI is InChI=1S/C13H11Cl2FS/c1-7-5-9(16)6-8(2)11(7)12(15)13-10(14)3-4-17-13/h3-6,12H,1-2H3. The van der Waals surface area contributed by atoms with Crippen molar-refractivity contribution < 1.29 is 4.39 Å². The molecule has 2 aromatic rings. The number of hydrogen-bond acceptors (Lipinski definition) is 1. The Morgan fingerprint density at radius 1 is 1.24 bits per heavy atom. The van der Waals surface area contributed by atoms with E-state index in [0.717, 1.165) is 21.6 Å². The Hall–Kier alpha value is -0.570. The van der Waals surface area contributed by atoms with E-state index in [-0.39, 0.29) is 11.2 Å². The van der Waals surface area contributed by atoms with Crippen LogP contribution in [0, 0.1) is 19.7 Å². The number of benzene rings is 1. The van der Waals surface area contributed by atoms with Crippen molar-refractivity contribution in [2.24, 2.45) is 0 Å². The molecular weight excluding hydrogens is 278 g/mol. The number of alkyl halides is 1. The van der Waals surface area contributed by atoms with Crippen molar-refractivity contribution in [3.8, 4) is 0 Å². The molecule has 17 heavy (non-hydrogen) atoms. The van der Waals surface area contributed by atoms with Gasteiger partial charge < -0.3 is 0 Å². The highest BCUT2D eigenvalue weighted by atomic mass is 35.5. The van der Waals surface area contributed by atoms with E-state index >= 15 is 0 Å². The molecule has 0 radical (unpaired) electrons. The number of aryl methyl sites for hydroxylation is 2. The molecule has 0 spiro atoms. The highest BCUT2D eigenvalue weighted by Crippen LogP contribution is 2.40. The van der Waals surface area contributed by atoms with Gasteiger partial charge in [-0.05, 0) is 54.1 Å². The second-order valence-electron chi connectivity index (χ2n) is 3.95. The summed E-state index contributed by atoms with van der Waals surface area (Å²) in [5, 5.41) is 2.25. The maximum atomic E-state index is 13.2. The van der Waals surface area contributed by atoms with Gasteiger partial charge in [0.05, 0.1) is 10.4 Å². The monoisotopic (exact) mass is 288 g/mol. The molecule has 1 unspecified atom stereocenters. The van der Waals surface area contributed by atoms with Crippen molar-refractivity contribution >= 4 is 34.5 Å². The fraction of sp³-hybridized carbons (Fsp3) is 0.231. The minimum absolute atomic E-state index is 0.232. The van der Waals surface area contributed by atoms with Gasteiger partial charge in [0.1, 0.15) is 5.82 Å². The van der Waals surface area contributed by atoms with E-state index in [1.807, 2.05) is 25.3 Å². The van der Waals surface area contributed by atoms with E-state index < -0.39 is 0 Å². The van der Waals surface area contributed by atoms with E-state index in [4.69, 9.17) is 23.2 Å². The highest BCUT2D eigenvalue weighted by Gasteiger charge is 2.20. The molecule has 90 valence electrons. The van der Waals surface area contributed by atoms with Gasteiger partial charge >= 0.3 is 0 Å². The summed E-state index contributed by atoms with van der Waals surface area (Å²) in [6, 6.07) is 4.82. The average Bonchev–Trinajstić information content (AvgIpc) is 2.62. The van der Waals surface area contributed by atoms with Gasteiger partial charge in [0.15, 0.2) is 0 Å². The maximum absolute atomic E-state index is 13.2. The first-order chi connectivity index (χ1) is 8.00. The first kappa shape index (κ1) is 12.9. The molecule has 0 amide bonds. The first-order valence-electron chi connectivity index (χ1n) is 5.14. The van der Waals surface area contributed by atoms with Crippen LogP contribution in [0.5, 0.6) is 0 Å². The summed E-state index contributed by atoms with van der Waals surface area (Å²) >= 11 is 14.0. The van der Waals surface area contributed by atoms with Crippen molar-refractivity contribution in [2.75, 3.05) is 0 Å². The lowest BCUT2D eigenvalue weighted by atomic mass is 9.99. The van der Waals surface area contributed by atoms with Gasteiger partial charge in [-0.15, -0.1) is 22.9 Å². The Morgan fingerprint density at radius 2 is 1.82 bits per heavy atom. The summed E-state index contributed by atoms with van der Waals surface area (Å²) < 4.78 is 13.2.